The molecule has 118 valence electrons. The Labute approximate surface area is 133 Å². The van der Waals surface area contributed by atoms with Crippen LogP contribution >= 0.6 is 0 Å². The zero-order valence-corrected chi connectivity index (χ0v) is 12.8. The number of aromatic amines is 1. The molecule has 0 atom stereocenters. The molecular weight excluding hydrogens is 292 g/mol. The molecule has 5 heteroatoms. The monoisotopic (exact) mass is 310 g/mol. The molecule has 3 aromatic rings. The molecule has 23 heavy (non-hydrogen) atoms. The van der Waals surface area contributed by atoms with E-state index in [2.05, 4.69) is 10.3 Å². The van der Waals surface area contributed by atoms with E-state index in [1.165, 1.54) is 0 Å². The molecule has 0 saturated carbocycles. The van der Waals surface area contributed by atoms with E-state index in [-0.39, 0.29) is 6.61 Å². The summed E-state index contributed by atoms with van der Waals surface area (Å²) >= 11 is 0. The van der Waals surface area contributed by atoms with Crippen LogP contribution in [0.2, 0.25) is 0 Å². The lowest BCUT2D eigenvalue weighted by molar-refractivity contribution is -0.139. The molecule has 0 aliphatic rings. The van der Waals surface area contributed by atoms with Gasteiger partial charge in [0.1, 0.15) is 5.75 Å². The number of nitrogens with one attached hydrogen (secondary N) is 2. The third-order valence-corrected chi connectivity index (χ3v) is 3.64. The molecule has 1 heterocycles. The first-order chi connectivity index (χ1) is 11.2. The number of carboxylic acid groups (broad SMARTS) is 1. The van der Waals surface area contributed by atoms with E-state index in [1.54, 1.807) is 0 Å². The second-order valence-corrected chi connectivity index (χ2v) is 5.32. The van der Waals surface area contributed by atoms with Gasteiger partial charge in [0.05, 0.1) is 0 Å². The van der Waals surface area contributed by atoms with E-state index in [1.807, 2.05) is 55.7 Å². The van der Waals surface area contributed by atoms with Crippen molar-refractivity contribution < 1.29 is 14.6 Å². The van der Waals surface area contributed by atoms with E-state index in [9.17, 15) is 4.79 Å². The van der Waals surface area contributed by atoms with Gasteiger partial charge in [0.15, 0.2) is 6.61 Å². The van der Waals surface area contributed by atoms with Crippen molar-refractivity contribution in [1.82, 2.24) is 10.3 Å². The molecular formula is C18H18N2O3. The smallest absolute Gasteiger partial charge is 0.341 e. The summed E-state index contributed by atoms with van der Waals surface area (Å²) in [7, 11) is 1.89. The third kappa shape index (κ3) is 3.35. The number of carbonyl (C=O) groups is 1. The van der Waals surface area contributed by atoms with Crippen molar-refractivity contribution in [3.63, 3.8) is 0 Å². The topological polar surface area (TPSA) is 74.3 Å². The number of ether oxygens (including phenoxy) is 1. The van der Waals surface area contributed by atoms with Crippen LogP contribution in [0.3, 0.4) is 0 Å². The van der Waals surface area contributed by atoms with E-state index in [4.69, 9.17) is 9.84 Å². The van der Waals surface area contributed by atoms with Gasteiger partial charge in [-0.15, -0.1) is 0 Å². The summed E-state index contributed by atoms with van der Waals surface area (Å²) in [4.78, 5) is 14.0. The number of aromatic nitrogens is 1. The lowest BCUT2D eigenvalue weighted by atomic mass is 10.0. The van der Waals surface area contributed by atoms with E-state index < -0.39 is 5.97 Å². The summed E-state index contributed by atoms with van der Waals surface area (Å²) in [6, 6.07) is 13.9. The molecule has 3 N–H and O–H groups in total. The van der Waals surface area contributed by atoms with Gasteiger partial charge in [0.2, 0.25) is 0 Å². The third-order valence-electron chi connectivity index (χ3n) is 3.64. The minimum absolute atomic E-state index is 0.358. The molecule has 0 spiro atoms. The van der Waals surface area contributed by atoms with Crippen molar-refractivity contribution in [3.05, 3.63) is 54.2 Å². The molecule has 0 saturated heterocycles. The maximum atomic E-state index is 10.8. The fourth-order valence-corrected chi connectivity index (χ4v) is 2.60. The van der Waals surface area contributed by atoms with Gasteiger partial charge in [-0.05, 0) is 47.8 Å². The van der Waals surface area contributed by atoms with Gasteiger partial charge in [0, 0.05) is 23.8 Å². The fourth-order valence-electron chi connectivity index (χ4n) is 2.60. The van der Waals surface area contributed by atoms with Crippen LogP contribution in [-0.2, 0) is 11.3 Å². The maximum absolute atomic E-state index is 10.8. The van der Waals surface area contributed by atoms with E-state index in [0.717, 1.165) is 34.1 Å². The number of hydrogen-bond donors (Lipinski definition) is 3. The minimum atomic E-state index is -0.991. The largest absolute Gasteiger partial charge is 0.481 e. The Kier molecular flexibility index (Phi) is 4.30. The summed E-state index contributed by atoms with van der Waals surface area (Å²) in [5, 5.41) is 13.1. The van der Waals surface area contributed by atoms with Crippen LogP contribution in [0, 0.1) is 0 Å². The van der Waals surface area contributed by atoms with Crippen LogP contribution in [0.1, 0.15) is 5.56 Å². The lowest BCUT2D eigenvalue weighted by Gasteiger charge is -2.13. The molecule has 0 aliphatic heterocycles. The van der Waals surface area contributed by atoms with Crippen molar-refractivity contribution in [1.29, 1.82) is 0 Å². The number of carboxylic acids is 1. The SMILES string of the molecule is CNCc1ccc(OCC(=O)O)c(-c2ccc3cc[nH]c3c2)c1. The highest BCUT2D eigenvalue weighted by Gasteiger charge is 2.10. The van der Waals surface area contributed by atoms with Crippen molar-refractivity contribution in [3.8, 4) is 16.9 Å². The molecule has 0 aliphatic carbocycles. The second-order valence-electron chi connectivity index (χ2n) is 5.32. The van der Waals surface area contributed by atoms with Crippen molar-refractivity contribution in [2.24, 2.45) is 0 Å². The Morgan fingerprint density at radius 2 is 2.09 bits per heavy atom. The predicted molar refractivity (Wildman–Crippen MR) is 89.6 cm³/mol. The number of fused-ring (bicyclic) bond motifs is 1. The molecule has 0 amide bonds. The van der Waals surface area contributed by atoms with Crippen LogP contribution in [0.15, 0.2) is 48.7 Å². The molecule has 1 aromatic heterocycles. The average Bonchev–Trinajstić information content (AvgIpc) is 3.01. The minimum Gasteiger partial charge on any atom is -0.481 e. The number of rotatable bonds is 6. The van der Waals surface area contributed by atoms with Crippen molar-refractivity contribution >= 4 is 16.9 Å². The van der Waals surface area contributed by atoms with Gasteiger partial charge in [-0.25, -0.2) is 4.79 Å². The number of aliphatic carboxylic acids is 1. The first-order valence-electron chi connectivity index (χ1n) is 7.37. The van der Waals surface area contributed by atoms with Gasteiger partial charge in [-0.2, -0.15) is 0 Å². The highest BCUT2D eigenvalue weighted by molar-refractivity contribution is 5.86. The first-order valence-corrected chi connectivity index (χ1v) is 7.37. The molecule has 0 fully saturated rings. The highest BCUT2D eigenvalue weighted by atomic mass is 16.5. The zero-order chi connectivity index (χ0) is 16.2. The van der Waals surface area contributed by atoms with Crippen LogP contribution in [0.25, 0.3) is 22.0 Å². The first kappa shape index (κ1) is 15.1. The van der Waals surface area contributed by atoms with Crippen LogP contribution in [0.5, 0.6) is 5.75 Å². The Morgan fingerprint density at radius 3 is 2.87 bits per heavy atom. The number of benzene rings is 2. The quantitative estimate of drug-likeness (QED) is 0.654. The molecule has 3 rings (SSSR count). The van der Waals surface area contributed by atoms with Crippen molar-refractivity contribution in [2.45, 2.75) is 6.54 Å². The molecule has 0 unspecified atom stereocenters. The molecule has 0 radical (unpaired) electrons. The van der Waals surface area contributed by atoms with Crippen molar-refractivity contribution in [2.75, 3.05) is 13.7 Å². The molecule has 5 nitrogen and oxygen atoms in total. The zero-order valence-electron chi connectivity index (χ0n) is 12.8. The van der Waals surface area contributed by atoms with Crippen LogP contribution in [-0.4, -0.2) is 29.7 Å². The Balaban J connectivity index is 2.04. The lowest BCUT2D eigenvalue weighted by Crippen LogP contribution is -2.10. The maximum Gasteiger partial charge on any atom is 0.341 e. The Morgan fingerprint density at radius 1 is 1.22 bits per heavy atom. The standard InChI is InChI=1S/C18H18N2O3/c1-19-10-12-2-5-17(23-11-18(21)22)15(8-12)14-4-3-13-6-7-20-16(13)9-14/h2-9,19-20H,10-11H2,1H3,(H,21,22). The summed E-state index contributed by atoms with van der Waals surface area (Å²) in [6.45, 7) is 0.375. The van der Waals surface area contributed by atoms with E-state index >= 15 is 0 Å². The van der Waals surface area contributed by atoms with Gasteiger partial charge in [0.25, 0.3) is 0 Å². The second kappa shape index (κ2) is 6.54. The van der Waals surface area contributed by atoms with Gasteiger partial charge < -0.3 is 20.1 Å². The Bertz CT molecular complexity index is 839. The molecule has 0 bridgehead atoms. The summed E-state index contributed by atoms with van der Waals surface area (Å²) in [6.07, 6.45) is 1.90. The summed E-state index contributed by atoms with van der Waals surface area (Å²) in [5.41, 5.74) is 4.01. The van der Waals surface area contributed by atoms with Gasteiger partial charge in [-0.3, -0.25) is 0 Å². The average molecular weight is 310 g/mol. The Hall–Kier alpha value is -2.79. The van der Waals surface area contributed by atoms with Crippen LogP contribution < -0.4 is 10.1 Å². The highest BCUT2D eigenvalue weighted by Crippen LogP contribution is 2.33. The van der Waals surface area contributed by atoms with Gasteiger partial charge >= 0.3 is 5.97 Å². The molecule has 2 aromatic carbocycles. The van der Waals surface area contributed by atoms with Gasteiger partial charge in [-0.1, -0.05) is 18.2 Å². The van der Waals surface area contributed by atoms with E-state index in [0.29, 0.717) is 5.75 Å². The summed E-state index contributed by atoms with van der Waals surface area (Å²) in [5.74, 6) is -0.423. The van der Waals surface area contributed by atoms with Crippen LogP contribution in [0.4, 0.5) is 0 Å². The fraction of sp³-hybridized carbons (Fsp3) is 0.167. The summed E-state index contributed by atoms with van der Waals surface area (Å²) < 4.78 is 5.45. The predicted octanol–water partition coefficient (Wildman–Crippen LogP) is 3.02. The number of H-pyrrole nitrogens is 1. The normalized spacial score (nSPS) is 10.8. The number of hydrogen-bond acceptors (Lipinski definition) is 3.